The van der Waals surface area contributed by atoms with E-state index in [4.69, 9.17) is 41.9 Å². The zero-order valence-corrected chi connectivity index (χ0v) is 18.8. The first kappa shape index (κ1) is 20.8. The molecule has 1 aromatic carbocycles. The average molecular weight is 452 g/mol. The fourth-order valence-corrected chi connectivity index (χ4v) is 6.10. The topological polar surface area (TPSA) is 53.7 Å². The van der Waals surface area contributed by atoms with Gasteiger partial charge in [-0.25, -0.2) is 0 Å². The van der Waals surface area contributed by atoms with E-state index in [0.717, 1.165) is 37.0 Å². The highest BCUT2D eigenvalue weighted by atomic mass is 35.5. The second kappa shape index (κ2) is 8.10. The van der Waals surface area contributed by atoms with Crippen LogP contribution in [0.15, 0.2) is 22.7 Å². The number of aromatic nitrogens is 1. The Labute approximate surface area is 186 Å². The van der Waals surface area contributed by atoms with Gasteiger partial charge in [-0.3, -0.25) is 0 Å². The molecule has 2 heterocycles. The van der Waals surface area contributed by atoms with Gasteiger partial charge in [0.1, 0.15) is 11.5 Å². The van der Waals surface area contributed by atoms with Crippen LogP contribution in [-0.2, 0) is 20.8 Å². The van der Waals surface area contributed by atoms with Crippen LogP contribution in [0.4, 0.5) is 0 Å². The molecule has 1 saturated heterocycles. The van der Waals surface area contributed by atoms with Crippen LogP contribution in [0.2, 0.25) is 10.0 Å². The summed E-state index contributed by atoms with van der Waals surface area (Å²) < 4.78 is 24.3. The van der Waals surface area contributed by atoms with Crippen molar-refractivity contribution >= 4 is 23.2 Å². The van der Waals surface area contributed by atoms with Gasteiger partial charge in [-0.1, -0.05) is 48.3 Å². The summed E-state index contributed by atoms with van der Waals surface area (Å²) in [5.74, 6) is 1.47. The lowest BCUT2D eigenvalue weighted by Gasteiger charge is -2.41. The third-order valence-corrected chi connectivity index (χ3v) is 7.47. The third kappa shape index (κ3) is 3.39. The highest BCUT2D eigenvalue weighted by Crippen LogP contribution is 2.54. The van der Waals surface area contributed by atoms with Crippen LogP contribution in [0, 0.1) is 11.8 Å². The molecule has 162 valence electrons. The summed E-state index contributed by atoms with van der Waals surface area (Å²) >= 11 is 12.9. The maximum atomic E-state index is 6.45. The molecule has 2 aromatic rings. The van der Waals surface area contributed by atoms with Gasteiger partial charge in [-0.15, -0.1) is 0 Å². The lowest BCUT2D eigenvalue weighted by atomic mass is 9.81. The van der Waals surface area contributed by atoms with Crippen molar-refractivity contribution in [3.8, 4) is 11.3 Å². The van der Waals surface area contributed by atoms with Gasteiger partial charge in [-0.05, 0) is 37.8 Å². The largest absolute Gasteiger partial charge is 0.373 e. The van der Waals surface area contributed by atoms with Gasteiger partial charge in [0.15, 0.2) is 5.79 Å². The molecular weight excluding hydrogens is 425 g/mol. The highest BCUT2D eigenvalue weighted by molar-refractivity contribution is 6.39. The minimum absolute atomic E-state index is 0.172. The van der Waals surface area contributed by atoms with Gasteiger partial charge in [0, 0.05) is 28.9 Å². The Hall–Kier alpha value is -1.11. The quantitative estimate of drug-likeness (QED) is 0.539. The van der Waals surface area contributed by atoms with E-state index in [-0.39, 0.29) is 17.8 Å². The van der Waals surface area contributed by atoms with Crippen molar-refractivity contribution in [2.24, 2.45) is 11.8 Å². The maximum Gasteiger partial charge on any atom is 0.174 e. The first-order chi connectivity index (χ1) is 14.5. The van der Waals surface area contributed by atoms with E-state index in [2.05, 4.69) is 19.0 Å². The predicted molar refractivity (Wildman–Crippen MR) is 115 cm³/mol. The van der Waals surface area contributed by atoms with Crippen molar-refractivity contribution in [3.05, 3.63) is 39.6 Å². The van der Waals surface area contributed by atoms with Crippen molar-refractivity contribution in [1.82, 2.24) is 5.16 Å². The molecule has 30 heavy (non-hydrogen) atoms. The SMILES string of the molecule is CC(C)c1onc(-c2c(Cl)cccc2Cl)c1CO[C@H]1C[C@H]2CC[C@@H](C1)C21OCCO1. The molecule has 1 aromatic heterocycles. The number of halogens is 2. The molecule has 2 aliphatic carbocycles. The summed E-state index contributed by atoms with van der Waals surface area (Å²) in [5, 5.41) is 5.44. The second-order valence-corrected chi connectivity index (χ2v) is 9.73. The van der Waals surface area contributed by atoms with Gasteiger partial charge >= 0.3 is 0 Å². The molecule has 0 radical (unpaired) electrons. The molecule has 5 nitrogen and oxygen atoms in total. The van der Waals surface area contributed by atoms with Crippen molar-refractivity contribution in [3.63, 3.8) is 0 Å². The van der Waals surface area contributed by atoms with E-state index >= 15 is 0 Å². The van der Waals surface area contributed by atoms with E-state index in [1.165, 1.54) is 0 Å². The third-order valence-electron chi connectivity index (χ3n) is 6.84. The van der Waals surface area contributed by atoms with Gasteiger partial charge in [0.25, 0.3) is 0 Å². The lowest BCUT2D eigenvalue weighted by Crippen LogP contribution is -2.47. The first-order valence-electron chi connectivity index (χ1n) is 10.8. The van der Waals surface area contributed by atoms with E-state index in [0.29, 0.717) is 53.0 Å². The number of hydrogen-bond donors (Lipinski definition) is 0. The Morgan fingerprint density at radius 2 is 1.73 bits per heavy atom. The van der Waals surface area contributed by atoms with Gasteiger partial charge in [0.2, 0.25) is 0 Å². The molecule has 2 saturated carbocycles. The van der Waals surface area contributed by atoms with Crippen LogP contribution in [0.1, 0.15) is 56.8 Å². The van der Waals surface area contributed by atoms with Gasteiger partial charge < -0.3 is 18.7 Å². The van der Waals surface area contributed by atoms with E-state index in [1.807, 2.05) is 18.2 Å². The predicted octanol–water partition coefficient (Wildman–Crippen LogP) is 6.22. The minimum Gasteiger partial charge on any atom is -0.373 e. The van der Waals surface area contributed by atoms with Crippen LogP contribution >= 0.6 is 23.2 Å². The monoisotopic (exact) mass is 451 g/mol. The van der Waals surface area contributed by atoms with Crippen LogP contribution in [0.3, 0.4) is 0 Å². The number of hydrogen-bond acceptors (Lipinski definition) is 5. The molecular formula is C23H27Cl2NO4. The minimum atomic E-state index is -0.351. The molecule has 3 aliphatic rings. The second-order valence-electron chi connectivity index (χ2n) is 8.92. The summed E-state index contributed by atoms with van der Waals surface area (Å²) in [6, 6.07) is 5.46. The van der Waals surface area contributed by atoms with E-state index < -0.39 is 0 Å². The van der Waals surface area contributed by atoms with E-state index in [1.54, 1.807) is 0 Å². The molecule has 3 atom stereocenters. The zero-order chi connectivity index (χ0) is 20.9. The van der Waals surface area contributed by atoms with Crippen molar-refractivity contribution in [1.29, 1.82) is 0 Å². The number of nitrogens with zero attached hydrogens (tertiary/aromatic N) is 1. The molecule has 2 bridgehead atoms. The van der Waals surface area contributed by atoms with E-state index in [9.17, 15) is 0 Å². The number of benzene rings is 1. The number of rotatable bonds is 5. The number of ether oxygens (including phenoxy) is 3. The van der Waals surface area contributed by atoms with Crippen molar-refractivity contribution in [2.75, 3.05) is 13.2 Å². The lowest BCUT2D eigenvalue weighted by molar-refractivity contribution is -0.238. The molecule has 0 N–H and O–H groups in total. The normalized spacial score (nSPS) is 27.4. The molecule has 0 amide bonds. The summed E-state index contributed by atoms with van der Waals surface area (Å²) in [7, 11) is 0. The molecule has 5 rings (SSSR count). The summed E-state index contributed by atoms with van der Waals surface area (Å²) in [6.07, 6.45) is 4.39. The van der Waals surface area contributed by atoms with Crippen LogP contribution in [-0.4, -0.2) is 30.3 Å². The first-order valence-corrected chi connectivity index (χ1v) is 11.6. The Kier molecular flexibility index (Phi) is 5.61. The molecule has 0 unspecified atom stereocenters. The zero-order valence-electron chi connectivity index (χ0n) is 17.3. The van der Waals surface area contributed by atoms with Crippen molar-refractivity contribution in [2.45, 2.75) is 63.9 Å². The Bertz CT molecular complexity index is 886. The average Bonchev–Trinajstić information content (AvgIpc) is 3.39. The standard InChI is InChI=1S/C23H27Cl2NO4/c1-13(2)22-17(21(26-30-22)20-18(24)4-3-5-19(20)25)12-27-16-10-14-6-7-15(11-16)23(14)28-8-9-29-23/h3-5,13-16H,6-12H2,1-2H3/t14-,15+,16+. The fraction of sp³-hybridized carbons (Fsp3) is 0.609. The van der Waals surface area contributed by atoms with Crippen LogP contribution < -0.4 is 0 Å². The molecule has 1 aliphatic heterocycles. The summed E-state index contributed by atoms with van der Waals surface area (Å²) in [4.78, 5) is 0. The van der Waals surface area contributed by atoms with Crippen molar-refractivity contribution < 1.29 is 18.7 Å². The highest BCUT2D eigenvalue weighted by Gasteiger charge is 2.58. The maximum absolute atomic E-state index is 6.45. The molecule has 7 heteroatoms. The molecule has 1 spiro atoms. The van der Waals surface area contributed by atoms with Gasteiger partial charge in [0.05, 0.1) is 36.0 Å². The fourth-order valence-electron chi connectivity index (χ4n) is 5.52. The Morgan fingerprint density at radius 1 is 1.10 bits per heavy atom. The smallest absolute Gasteiger partial charge is 0.174 e. The Balaban J connectivity index is 1.37. The Morgan fingerprint density at radius 3 is 2.33 bits per heavy atom. The van der Waals surface area contributed by atoms with Gasteiger partial charge in [-0.2, -0.15) is 0 Å². The molecule has 3 fully saturated rings. The van der Waals surface area contributed by atoms with Crippen LogP contribution in [0.25, 0.3) is 11.3 Å². The summed E-state index contributed by atoms with van der Waals surface area (Å²) in [5.41, 5.74) is 2.30. The summed E-state index contributed by atoms with van der Waals surface area (Å²) in [6.45, 7) is 6.01. The van der Waals surface area contributed by atoms with Crippen LogP contribution in [0.5, 0.6) is 0 Å².